The Labute approximate surface area is 92.0 Å². The molecular formula is C11H22N2O2. The van der Waals surface area contributed by atoms with Crippen LogP contribution in [0.5, 0.6) is 0 Å². The zero-order chi connectivity index (χ0) is 11.8. The van der Waals surface area contributed by atoms with E-state index in [9.17, 15) is 9.59 Å². The fourth-order valence-electron chi connectivity index (χ4n) is 1.62. The van der Waals surface area contributed by atoms with Crippen LogP contribution >= 0.6 is 0 Å². The second-order valence-electron chi connectivity index (χ2n) is 3.43. The summed E-state index contributed by atoms with van der Waals surface area (Å²) in [4.78, 5) is 25.0. The first-order valence-corrected chi connectivity index (χ1v) is 5.57. The van der Waals surface area contributed by atoms with Gasteiger partial charge in [0.05, 0.1) is 6.04 Å². The highest BCUT2D eigenvalue weighted by Crippen LogP contribution is 2.07. The highest BCUT2D eigenvalue weighted by Gasteiger charge is 2.24. The van der Waals surface area contributed by atoms with Crippen molar-refractivity contribution < 1.29 is 9.59 Å². The van der Waals surface area contributed by atoms with Crippen molar-refractivity contribution in [3.63, 3.8) is 0 Å². The molecule has 0 rings (SSSR count). The number of nitrogens with one attached hydrogen (secondary N) is 1. The first kappa shape index (κ1) is 14.1. The molecule has 0 aromatic carbocycles. The van der Waals surface area contributed by atoms with Gasteiger partial charge in [0.2, 0.25) is 5.91 Å². The van der Waals surface area contributed by atoms with Crippen LogP contribution in [0.2, 0.25) is 0 Å². The monoisotopic (exact) mass is 214 g/mol. The summed E-state index contributed by atoms with van der Waals surface area (Å²) < 4.78 is 0. The Morgan fingerprint density at radius 3 is 2.07 bits per heavy atom. The number of Topliss-reactive ketones (excluding diaryl/α,β-unsaturated/α-hetero) is 1. The lowest BCUT2D eigenvalue weighted by Gasteiger charge is -2.27. The number of hydrogen-bond acceptors (Lipinski definition) is 3. The van der Waals surface area contributed by atoms with Crippen molar-refractivity contribution in [2.45, 2.75) is 39.7 Å². The van der Waals surface area contributed by atoms with Crippen molar-refractivity contribution in [2.75, 3.05) is 20.1 Å². The van der Waals surface area contributed by atoms with Gasteiger partial charge in [-0.1, -0.05) is 20.8 Å². The molecule has 0 aliphatic rings. The predicted octanol–water partition coefficient (Wildman–Crippen LogP) is 0.812. The third-order valence-electron chi connectivity index (χ3n) is 2.63. The molecule has 0 bridgehead atoms. The normalized spacial score (nSPS) is 12.6. The van der Waals surface area contributed by atoms with Gasteiger partial charge < -0.3 is 5.32 Å². The number of carbonyl (C=O) groups excluding carboxylic acids is 2. The van der Waals surface area contributed by atoms with E-state index in [1.165, 1.54) is 0 Å². The van der Waals surface area contributed by atoms with Gasteiger partial charge in [-0.3, -0.25) is 14.5 Å². The number of rotatable bonds is 7. The van der Waals surface area contributed by atoms with Crippen molar-refractivity contribution >= 4 is 11.7 Å². The van der Waals surface area contributed by atoms with Gasteiger partial charge in [-0.25, -0.2) is 0 Å². The van der Waals surface area contributed by atoms with E-state index in [2.05, 4.69) is 5.32 Å². The molecule has 15 heavy (non-hydrogen) atoms. The maximum Gasteiger partial charge on any atom is 0.221 e. The third kappa shape index (κ3) is 4.42. The van der Waals surface area contributed by atoms with E-state index in [1.54, 1.807) is 7.05 Å². The molecule has 0 aromatic rings. The van der Waals surface area contributed by atoms with Gasteiger partial charge in [0, 0.05) is 19.9 Å². The quantitative estimate of drug-likeness (QED) is 0.682. The van der Waals surface area contributed by atoms with Crippen molar-refractivity contribution in [1.29, 1.82) is 0 Å². The van der Waals surface area contributed by atoms with Crippen LogP contribution in [0.1, 0.15) is 33.6 Å². The molecule has 1 atom stereocenters. The van der Waals surface area contributed by atoms with E-state index in [0.717, 1.165) is 13.1 Å². The van der Waals surface area contributed by atoms with Crippen LogP contribution in [0, 0.1) is 0 Å². The topological polar surface area (TPSA) is 49.4 Å². The molecule has 0 aliphatic carbocycles. The standard InChI is InChI=1S/C11H22N2O2/c1-5-10(14)9(8-11(15)12-4)13(6-2)7-3/h9H,5-8H2,1-4H3,(H,12,15)/t9-/m1/s1. The first-order valence-electron chi connectivity index (χ1n) is 5.57. The molecule has 0 saturated heterocycles. The van der Waals surface area contributed by atoms with Gasteiger partial charge in [0.25, 0.3) is 0 Å². The molecule has 0 unspecified atom stereocenters. The van der Waals surface area contributed by atoms with Crippen LogP contribution in [0.25, 0.3) is 0 Å². The maximum atomic E-state index is 11.7. The molecule has 4 heteroatoms. The molecule has 0 aromatic heterocycles. The Bertz CT molecular complexity index is 213. The van der Waals surface area contributed by atoms with Crippen LogP contribution in [0.3, 0.4) is 0 Å². The van der Waals surface area contributed by atoms with Gasteiger partial charge in [-0.05, 0) is 13.1 Å². The van der Waals surface area contributed by atoms with E-state index in [4.69, 9.17) is 0 Å². The Morgan fingerprint density at radius 1 is 1.20 bits per heavy atom. The van der Waals surface area contributed by atoms with Crippen molar-refractivity contribution in [3.05, 3.63) is 0 Å². The van der Waals surface area contributed by atoms with Gasteiger partial charge in [-0.2, -0.15) is 0 Å². The molecule has 88 valence electrons. The second kappa shape index (κ2) is 7.40. The van der Waals surface area contributed by atoms with Crippen LogP contribution in [-0.4, -0.2) is 42.8 Å². The Morgan fingerprint density at radius 2 is 1.73 bits per heavy atom. The van der Waals surface area contributed by atoms with Gasteiger partial charge in [-0.15, -0.1) is 0 Å². The summed E-state index contributed by atoms with van der Waals surface area (Å²) in [7, 11) is 1.60. The van der Waals surface area contributed by atoms with E-state index >= 15 is 0 Å². The molecule has 1 N–H and O–H groups in total. The average Bonchev–Trinajstić information content (AvgIpc) is 2.27. The van der Waals surface area contributed by atoms with Gasteiger partial charge in [0.1, 0.15) is 5.78 Å². The summed E-state index contributed by atoms with van der Waals surface area (Å²) in [6.07, 6.45) is 0.753. The summed E-state index contributed by atoms with van der Waals surface area (Å²) in [5.74, 6) is 0.0657. The number of hydrogen-bond donors (Lipinski definition) is 1. The van der Waals surface area contributed by atoms with E-state index in [0.29, 0.717) is 6.42 Å². The van der Waals surface area contributed by atoms with Gasteiger partial charge >= 0.3 is 0 Å². The smallest absolute Gasteiger partial charge is 0.221 e. The summed E-state index contributed by atoms with van der Waals surface area (Å²) >= 11 is 0. The minimum Gasteiger partial charge on any atom is -0.359 e. The summed E-state index contributed by atoms with van der Waals surface area (Å²) in [6.45, 7) is 7.43. The van der Waals surface area contributed by atoms with Crippen molar-refractivity contribution in [1.82, 2.24) is 10.2 Å². The maximum absolute atomic E-state index is 11.7. The van der Waals surface area contributed by atoms with Crippen LogP contribution in [0.15, 0.2) is 0 Å². The predicted molar refractivity (Wildman–Crippen MR) is 60.7 cm³/mol. The number of carbonyl (C=O) groups is 2. The fraction of sp³-hybridized carbons (Fsp3) is 0.818. The van der Waals surface area contributed by atoms with E-state index < -0.39 is 0 Å². The summed E-state index contributed by atoms with van der Waals surface area (Å²) in [6, 6.07) is -0.259. The molecule has 0 saturated carbocycles. The molecule has 0 aliphatic heterocycles. The molecule has 4 nitrogen and oxygen atoms in total. The van der Waals surface area contributed by atoms with Crippen molar-refractivity contribution in [3.8, 4) is 0 Å². The zero-order valence-electron chi connectivity index (χ0n) is 10.2. The van der Waals surface area contributed by atoms with Crippen LogP contribution in [0.4, 0.5) is 0 Å². The second-order valence-corrected chi connectivity index (χ2v) is 3.43. The van der Waals surface area contributed by atoms with Gasteiger partial charge in [0.15, 0.2) is 0 Å². The molecule has 0 spiro atoms. The highest BCUT2D eigenvalue weighted by atomic mass is 16.2. The average molecular weight is 214 g/mol. The highest BCUT2D eigenvalue weighted by molar-refractivity contribution is 5.89. The fourth-order valence-corrected chi connectivity index (χ4v) is 1.62. The van der Waals surface area contributed by atoms with E-state index in [1.807, 2.05) is 25.7 Å². The lowest BCUT2D eigenvalue weighted by atomic mass is 10.0. The Balaban J connectivity index is 4.56. The molecule has 1 amide bonds. The number of ketones is 1. The molecule has 0 heterocycles. The first-order chi connectivity index (χ1) is 7.10. The Hall–Kier alpha value is -0.900. The summed E-state index contributed by atoms with van der Waals surface area (Å²) in [5, 5.41) is 2.56. The minimum atomic E-state index is -0.259. The van der Waals surface area contributed by atoms with Crippen molar-refractivity contribution in [2.24, 2.45) is 0 Å². The number of nitrogens with zero attached hydrogens (tertiary/aromatic N) is 1. The SMILES string of the molecule is CCC(=O)[C@@H](CC(=O)NC)N(CC)CC. The lowest BCUT2D eigenvalue weighted by Crippen LogP contribution is -2.43. The third-order valence-corrected chi connectivity index (χ3v) is 2.63. The summed E-state index contributed by atoms with van der Waals surface area (Å²) in [5.41, 5.74) is 0. The largest absolute Gasteiger partial charge is 0.359 e. The van der Waals surface area contributed by atoms with Crippen LogP contribution < -0.4 is 5.32 Å². The number of amides is 1. The van der Waals surface area contributed by atoms with E-state index in [-0.39, 0.29) is 24.2 Å². The molecule has 0 fully saturated rings. The minimum absolute atomic E-state index is 0.0753. The Kier molecular flexibility index (Phi) is 6.96. The van der Waals surface area contributed by atoms with Crippen LogP contribution in [-0.2, 0) is 9.59 Å². The molecular weight excluding hydrogens is 192 g/mol. The number of likely N-dealkylation sites (N-methyl/N-ethyl adjacent to an activating group) is 1. The lowest BCUT2D eigenvalue weighted by molar-refractivity contribution is -0.129. The molecule has 0 radical (unpaired) electrons. The zero-order valence-corrected chi connectivity index (χ0v) is 10.2.